The Balaban J connectivity index is 2.20. The van der Waals surface area contributed by atoms with Gasteiger partial charge in [-0.3, -0.25) is 0 Å². The third-order valence-electron chi connectivity index (χ3n) is 3.86. The summed E-state index contributed by atoms with van der Waals surface area (Å²) in [6.07, 6.45) is 0. The Hall–Kier alpha value is -2.28. The minimum Gasteiger partial charge on any atom is -0.496 e. The molecule has 0 atom stereocenters. The Bertz CT molecular complexity index is 950. The largest absolute Gasteiger partial charge is 0.496 e. The van der Waals surface area contributed by atoms with Crippen LogP contribution < -0.4 is 15.2 Å². The average molecular weight is 426 g/mol. The number of nitrogens with zero attached hydrogens (tertiary/aromatic N) is 3. The lowest BCUT2D eigenvalue weighted by Crippen LogP contribution is -2.03. The van der Waals surface area contributed by atoms with E-state index >= 15 is 0 Å². The van der Waals surface area contributed by atoms with Crippen LogP contribution >= 0.6 is 34.8 Å². The SMILES string of the molecule is COc1cc(-c2nc(N)nc(-c3cc(OC)c(Cl)cc3Cl)n2)c(Cl)cc1C. The molecule has 2 N–H and O–H groups in total. The molecule has 0 radical (unpaired) electrons. The average Bonchev–Trinajstić information content (AvgIpc) is 2.61. The van der Waals surface area contributed by atoms with Crippen LogP contribution in [0.1, 0.15) is 5.56 Å². The minimum absolute atomic E-state index is 0.0237. The first-order valence-corrected chi connectivity index (χ1v) is 8.87. The molecular weight excluding hydrogens is 411 g/mol. The fraction of sp³-hybridized carbons (Fsp3) is 0.167. The fourth-order valence-electron chi connectivity index (χ4n) is 2.53. The molecule has 0 fully saturated rings. The number of anilines is 1. The minimum atomic E-state index is 0.0237. The molecule has 0 saturated carbocycles. The summed E-state index contributed by atoms with van der Waals surface area (Å²) >= 11 is 18.8. The molecule has 0 saturated heterocycles. The number of benzene rings is 2. The van der Waals surface area contributed by atoms with E-state index in [1.54, 1.807) is 31.4 Å². The standard InChI is InChI=1S/C18H15Cl3N4O2/c1-8-4-11(19)9(5-14(8)26-2)16-23-17(25-18(22)24-16)10-6-15(27-3)13(21)7-12(10)20/h4-7H,1-3H3,(H2,22,23,24,25). The van der Waals surface area contributed by atoms with Gasteiger partial charge < -0.3 is 15.2 Å². The first-order valence-electron chi connectivity index (χ1n) is 7.73. The van der Waals surface area contributed by atoms with E-state index in [9.17, 15) is 0 Å². The quantitative estimate of drug-likeness (QED) is 0.628. The Labute approximate surface area is 171 Å². The number of hydrogen-bond donors (Lipinski definition) is 1. The number of rotatable bonds is 4. The van der Waals surface area contributed by atoms with Gasteiger partial charge in [0, 0.05) is 11.1 Å². The summed E-state index contributed by atoms with van der Waals surface area (Å²) < 4.78 is 10.6. The summed E-state index contributed by atoms with van der Waals surface area (Å²) in [5.74, 6) is 1.68. The van der Waals surface area contributed by atoms with Crippen molar-refractivity contribution in [2.45, 2.75) is 6.92 Å². The lowest BCUT2D eigenvalue weighted by Gasteiger charge is -2.12. The first kappa shape index (κ1) is 19.5. The van der Waals surface area contributed by atoms with Crippen molar-refractivity contribution >= 4 is 40.8 Å². The van der Waals surface area contributed by atoms with Crippen LogP contribution in [0, 0.1) is 6.92 Å². The van der Waals surface area contributed by atoms with Crippen molar-refractivity contribution in [3.63, 3.8) is 0 Å². The smallest absolute Gasteiger partial charge is 0.224 e. The Morgan fingerprint density at radius 1 is 0.741 bits per heavy atom. The zero-order chi connectivity index (χ0) is 19.7. The topological polar surface area (TPSA) is 83.2 Å². The van der Waals surface area contributed by atoms with Crippen LogP contribution in [-0.4, -0.2) is 29.2 Å². The molecule has 0 aliphatic rings. The molecule has 0 bridgehead atoms. The fourth-order valence-corrected chi connectivity index (χ4v) is 3.38. The number of methoxy groups -OCH3 is 2. The molecule has 1 heterocycles. The molecule has 0 aliphatic heterocycles. The van der Waals surface area contributed by atoms with Crippen molar-refractivity contribution in [1.82, 2.24) is 15.0 Å². The van der Waals surface area contributed by atoms with Gasteiger partial charge in [0.25, 0.3) is 0 Å². The van der Waals surface area contributed by atoms with Crippen LogP contribution in [-0.2, 0) is 0 Å². The number of nitrogens with two attached hydrogens (primary N) is 1. The molecule has 0 amide bonds. The Morgan fingerprint density at radius 2 is 1.26 bits per heavy atom. The van der Waals surface area contributed by atoms with Crippen molar-refractivity contribution in [2.75, 3.05) is 20.0 Å². The van der Waals surface area contributed by atoms with Gasteiger partial charge in [-0.1, -0.05) is 34.8 Å². The number of halogens is 3. The molecule has 140 valence electrons. The van der Waals surface area contributed by atoms with E-state index in [1.165, 1.54) is 7.11 Å². The van der Waals surface area contributed by atoms with Crippen molar-refractivity contribution < 1.29 is 9.47 Å². The van der Waals surface area contributed by atoms with Crippen LogP contribution in [0.5, 0.6) is 11.5 Å². The third kappa shape index (κ3) is 3.88. The van der Waals surface area contributed by atoms with Gasteiger partial charge in [-0.25, -0.2) is 4.98 Å². The second kappa shape index (κ2) is 7.76. The predicted molar refractivity (Wildman–Crippen MR) is 108 cm³/mol. The summed E-state index contributed by atoms with van der Waals surface area (Å²) in [6, 6.07) is 6.72. The molecule has 3 rings (SSSR count). The molecular formula is C18H15Cl3N4O2. The summed E-state index contributed by atoms with van der Waals surface area (Å²) in [5.41, 5.74) is 7.85. The number of aromatic nitrogens is 3. The summed E-state index contributed by atoms with van der Waals surface area (Å²) in [6.45, 7) is 1.89. The van der Waals surface area contributed by atoms with E-state index in [1.807, 2.05) is 6.92 Å². The summed E-state index contributed by atoms with van der Waals surface area (Å²) in [7, 11) is 3.08. The lowest BCUT2D eigenvalue weighted by atomic mass is 10.1. The third-order valence-corrected chi connectivity index (χ3v) is 4.78. The molecule has 9 heteroatoms. The molecule has 6 nitrogen and oxygen atoms in total. The van der Waals surface area contributed by atoms with E-state index in [0.717, 1.165) is 5.56 Å². The van der Waals surface area contributed by atoms with Crippen molar-refractivity contribution in [1.29, 1.82) is 0 Å². The molecule has 0 spiro atoms. The van der Waals surface area contributed by atoms with Gasteiger partial charge in [-0.2, -0.15) is 9.97 Å². The van der Waals surface area contributed by atoms with E-state index in [2.05, 4.69) is 15.0 Å². The van der Waals surface area contributed by atoms with E-state index < -0.39 is 0 Å². The van der Waals surface area contributed by atoms with Crippen molar-refractivity contribution in [2.24, 2.45) is 0 Å². The van der Waals surface area contributed by atoms with Crippen LogP contribution in [0.4, 0.5) is 5.95 Å². The molecule has 1 aromatic heterocycles. The van der Waals surface area contributed by atoms with Gasteiger partial charge in [0.2, 0.25) is 5.95 Å². The van der Waals surface area contributed by atoms with Gasteiger partial charge >= 0.3 is 0 Å². The Kier molecular flexibility index (Phi) is 5.60. The second-order valence-electron chi connectivity index (χ2n) is 5.61. The van der Waals surface area contributed by atoms with Crippen LogP contribution in [0.15, 0.2) is 24.3 Å². The summed E-state index contributed by atoms with van der Waals surface area (Å²) in [4.78, 5) is 12.9. The monoisotopic (exact) mass is 424 g/mol. The zero-order valence-corrected chi connectivity index (χ0v) is 16.9. The van der Waals surface area contributed by atoms with E-state index in [4.69, 9.17) is 50.0 Å². The van der Waals surface area contributed by atoms with Gasteiger partial charge in [-0.05, 0) is 36.8 Å². The Morgan fingerprint density at radius 3 is 1.81 bits per heavy atom. The molecule has 27 heavy (non-hydrogen) atoms. The molecule has 0 unspecified atom stereocenters. The van der Waals surface area contributed by atoms with Gasteiger partial charge in [-0.15, -0.1) is 0 Å². The molecule has 3 aromatic rings. The van der Waals surface area contributed by atoms with Crippen molar-refractivity contribution in [3.8, 4) is 34.3 Å². The number of nitrogen functional groups attached to an aromatic ring is 1. The van der Waals surface area contributed by atoms with Gasteiger partial charge in [0.1, 0.15) is 11.5 Å². The zero-order valence-electron chi connectivity index (χ0n) is 14.7. The second-order valence-corrected chi connectivity index (χ2v) is 6.83. The van der Waals surface area contributed by atoms with Gasteiger partial charge in [0.15, 0.2) is 11.6 Å². The highest BCUT2D eigenvalue weighted by atomic mass is 35.5. The highest BCUT2D eigenvalue weighted by molar-refractivity contribution is 6.37. The number of ether oxygens (including phenoxy) is 2. The lowest BCUT2D eigenvalue weighted by molar-refractivity contribution is 0.412. The van der Waals surface area contributed by atoms with Crippen LogP contribution in [0.3, 0.4) is 0 Å². The van der Waals surface area contributed by atoms with Gasteiger partial charge in [0.05, 0.1) is 29.3 Å². The predicted octanol–water partition coefficient (Wildman–Crippen LogP) is 5.07. The number of hydrogen-bond acceptors (Lipinski definition) is 6. The maximum Gasteiger partial charge on any atom is 0.224 e. The molecule has 2 aromatic carbocycles. The number of aryl methyl sites for hydroxylation is 1. The molecule has 0 aliphatic carbocycles. The maximum absolute atomic E-state index is 6.38. The normalized spacial score (nSPS) is 10.7. The van der Waals surface area contributed by atoms with E-state index in [0.29, 0.717) is 43.5 Å². The van der Waals surface area contributed by atoms with Crippen LogP contribution in [0.2, 0.25) is 15.1 Å². The highest BCUT2D eigenvalue weighted by Crippen LogP contribution is 2.37. The summed E-state index contributed by atoms with van der Waals surface area (Å²) in [5, 5.41) is 1.19. The van der Waals surface area contributed by atoms with E-state index in [-0.39, 0.29) is 11.8 Å². The van der Waals surface area contributed by atoms with Crippen LogP contribution in [0.25, 0.3) is 22.8 Å². The highest BCUT2D eigenvalue weighted by Gasteiger charge is 2.17. The first-order chi connectivity index (χ1) is 12.8. The maximum atomic E-state index is 6.38. The van der Waals surface area contributed by atoms with Crippen molar-refractivity contribution in [3.05, 3.63) is 44.9 Å².